The molecule has 7 heteroatoms. The molecule has 0 aliphatic heterocycles. The Hall–Kier alpha value is -1.79. The number of carboxylic acid groups (broad SMARTS) is 2. The third-order valence-corrected chi connectivity index (χ3v) is 1.88. The van der Waals surface area contributed by atoms with Crippen molar-refractivity contribution in [3.8, 4) is 0 Å². The summed E-state index contributed by atoms with van der Waals surface area (Å²) in [6, 6.07) is 0. The average molecular weight is 261 g/mol. The highest BCUT2D eigenvalue weighted by molar-refractivity contribution is 5.75. The summed E-state index contributed by atoms with van der Waals surface area (Å²) in [5.41, 5.74) is 0. The molecule has 0 saturated carbocycles. The van der Waals surface area contributed by atoms with Gasteiger partial charge in [0.15, 0.2) is 5.96 Å². The first-order chi connectivity index (χ1) is 8.18. The van der Waals surface area contributed by atoms with Gasteiger partial charge in [-0.25, -0.2) is 0 Å². The van der Waals surface area contributed by atoms with Crippen LogP contribution in [0.1, 0.15) is 25.7 Å². The van der Waals surface area contributed by atoms with Crippen molar-refractivity contribution in [1.82, 2.24) is 9.80 Å². The first-order valence-corrected chi connectivity index (χ1v) is 5.55. The Morgan fingerprint density at radius 2 is 1.17 bits per heavy atom. The molecule has 0 rings (SSSR count). The Morgan fingerprint density at radius 1 is 0.889 bits per heavy atom. The third-order valence-electron chi connectivity index (χ3n) is 1.88. The second kappa shape index (κ2) is 10.4. The Morgan fingerprint density at radius 3 is 1.28 bits per heavy atom. The number of nitrogens with zero attached hydrogens (tertiary/aromatic N) is 2. The number of guanidine groups is 1. The van der Waals surface area contributed by atoms with Crippen molar-refractivity contribution in [2.45, 2.75) is 25.7 Å². The van der Waals surface area contributed by atoms with Gasteiger partial charge in [0.05, 0.1) is 0 Å². The van der Waals surface area contributed by atoms with Gasteiger partial charge in [-0.2, -0.15) is 0 Å². The predicted octanol–water partition coefficient (Wildman–Crippen LogP) is 0.760. The fraction of sp³-hybridized carbons (Fsp3) is 0.727. The molecule has 0 fully saturated rings. The Labute approximate surface area is 108 Å². The van der Waals surface area contributed by atoms with Crippen molar-refractivity contribution < 1.29 is 19.8 Å². The van der Waals surface area contributed by atoms with Crippen LogP contribution < -0.4 is 0 Å². The van der Waals surface area contributed by atoms with Gasteiger partial charge in [0, 0.05) is 41.0 Å². The average Bonchev–Trinajstić information content (AvgIpc) is 2.23. The molecular formula is C11H23N3O4. The van der Waals surface area contributed by atoms with Crippen molar-refractivity contribution in [2.24, 2.45) is 0 Å². The van der Waals surface area contributed by atoms with Crippen LogP contribution in [0.3, 0.4) is 0 Å². The highest BCUT2D eigenvalue weighted by Crippen LogP contribution is 1.98. The quantitative estimate of drug-likeness (QED) is 0.383. The van der Waals surface area contributed by atoms with Gasteiger partial charge in [0.25, 0.3) is 0 Å². The van der Waals surface area contributed by atoms with Crippen molar-refractivity contribution >= 4 is 17.9 Å². The molecule has 3 N–H and O–H groups in total. The molecule has 0 aromatic rings. The van der Waals surface area contributed by atoms with Gasteiger partial charge in [-0.05, 0) is 12.8 Å². The number of hydrogen-bond donors (Lipinski definition) is 3. The van der Waals surface area contributed by atoms with Crippen LogP contribution in [-0.4, -0.2) is 66.1 Å². The molecular weight excluding hydrogens is 238 g/mol. The maximum Gasteiger partial charge on any atom is 0.303 e. The summed E-state index contributed by atoms with van der Waals surface area (Å²) in [5.74, 6) is -1.22. The standard InChI is InChI=1S/C6H10O4.C5H13N3/c7-5(8)3-1-2-4-6(9)10;1-7(2)5(6)8(3)4/h1-4H2,(H,7,8)(H,9,10);6H,1-4H3. The summed E-state index contributed by atoms with van der Waals surface area (Å²) in [6.45, 7) is 0. The minimum absolute atomic E-state index is 0.0628. The number of nitrogens with one attached hydrogen (secondary N) is 1. The number of carbonyl (C=O) groups is 2. The molecule has 0 radical (unpaired) electrons. The van der Waals surface area contributed by atoms with Crippen molar-refractivity contribution in [1.29, 1.82) is 5.41 Å². The van der Waals surface area contributed by atoms with Gasteiger partial charge in [-0.1, -0.05) is 0 Å². The summed E-state index contributed by atoms with van der Waals surface area (Å²) < 4.78 is 0. The van der Waals surface area contributed by atoms with E-state index in [1.807, 2.05) is 28.2 Å². The molecule has 0 saturated heterocycles. The number of rotatable bonds is 5. The van der Waals surface area contributed by atoms with Crippen molar-refractivity contribution in [3.05, 3.63) is 0 Å². The molecule has 7 nitrogen and oxygen atoms in total. The van der Waals surface area contributed by atoms with Gasteiger partial charge in [0.2, 0.25) is 0 Å². The molecule has 0 bridgehead atoms. The van der Waals surface area contributed by atoms with Crippen LogP contribution in [0.5, 0.6) is 0 Å². The zero-order valence-electron chi connectivity index (χ0n) is 11.4. The molecule has 0 amide bonds. The lowest BCUT2D eigenvalue weighted by molar-refractivity contribution is -0.139. The summed E-state index contributed by atoms with van der Waals surface area (Å²) in [6.07, 6.45) is 1.02. The van der Waals surface area contributed by atoms with Crippen LogP contribution in [0, 0.1) is 5.41 Å². The fourth-order valence-electron chi connectivity index (χ4n) is 0.952. The van der Waals surface area contributed by atoms with Crippen LogP contribution in [0.15, 0.2) is 0 Å². The van der Waals surface area contributed by atoms with E-state index in [1.165, 1.54) is 0 Å². The Balaban J connectivity index is 0. The fourth-order valence-corrected chi connectivity index (χ4v) is 0.952. The van der Waals surface area contributed by atoms with Crippen LogP contribution in [0.25, 0.3) is 0 Å². The lowest BCUT2D eigenvalue weighted by atomic mass is 10.2. The topological polar surface area (TPSA) is 105 Å². The number of unbranched alkanes of at least 4 members (excludes halogenated alkanes) is 1. The summed E-state index contributed by atoms with van der Waals surface area (Å²) in [5, 5.41) is 23.5. The molecule has 0 unspecified atom stereocenters. The molecule has 106 valence electrons. The zero-order valence-corrected chi connectivity index (χ0v) is 11.4. The van der Waals surface area contributed by atoms with Crippen molar-refractivity contribution in [3.63, 3.8) is 0 Å². The van der Waals surface area contributed by atoms with E-state index in [2.05, 4.69) is 0 Å². The van der Waals surface area contributed by atoms with E-state index in [1.54, 1.807) is 9.80 Å². The molecule has 0 aromatic carbocycles. The maximum absolute atomic E-state index is 9.90. The molecule has 0 atom stereocenters. The van der Waals surface area contributed by atoms with Crippen LogP contribution >= 0.6 is 0 Å². The van der Waals surface area contributed by atoms with E-state index < -0.39 is 11.9 Å². The highest BCUT2D eigenvalue weighted by Gasteiger charge is 1.99. The second-order valence-corrected chi connectivity index (χ2v) is 4.11. The van der Waals surface area contributed by atoms with Gasteiger partial charge < -0.3 is 20.0 Å². The van der Waals surface area contributed by atoms with Gasteiger partial charge >= 0.3 is 11.9 Å². The SMILES string of the molecule is CN(C)C(=N)N(C)C.O=C(O)CCCCC(=O)O. The summed E-state index contributed by atoms with van der Waals surface area (Å²) in [7, 11) is 7.40. The van der Waals surface area contributed by atoms with Crippen LogP contribution in [-0.2, 0) is 9.59 Å². The zero-order chi connectivity index (χ0) is 14.7. The normalized spacial score (nSPS) is 8.89. The number of hydrogen-bond acceptors (Lipinski definition) is 3. The first kappa shape index (κ1) is 18.6. The lowest BCUT2D eigenvalue weighted by Crippen LogP contribution is -2.34. The highest BCUT2D eigenvalue weighted by atomic mass is 16.4. The lowest BCUT2D eigenvalue weighted by Gasteiger charge is -2.19. The van der Waals surface area contributed by atoms with Gasteiger partial charge in [-0.15, -0.1) is 0 Å². The van der Waals surface area contributed by atoms with Crippen LogP contribution in [0.4, 0.5) is 0 Å². The van der Waals surface area contributed by atoms with E-state index >= 15 is 0 Å². The van der Waals surface area contributed by atoms with E-state index in [0.717, 1.165) is 0 Å². The Bertz CT molecular complexity index is 251. The molecule has 18 heavy (non-hydrogen) atoms. The van der Waals surface area contributed by atoms with Gasteiger partial charge in [0.1, 0.15) is 0 Å². The number of carboxylic acids is 2. The van der Waals surface area contributed by atoms with E-state index in [0.29, 0.717) is 18.8 Å². The minimum Gasteiger partial charge on any atom is -0.481 e. The summed E-state index contributed by atoms with van der Waals surface area (Å²) in [4.78, 5) is 23.3. The van der Waals surface area contributed by atoms with Crippen molar-refractivity contribution in [2.75, 3.05) is 28.2 Å². The molecule has 0 aliphatic carbocycles. The molecule has 0 aromatic heterocycles. The molecule has 0 aliphatic rings. The largest absolute Gasteiger partial charge is 0.481 e. The van der Waals surface area contributed by atoms with E-state index in [4.69, 9.17) is 15.6 Å². The van der Waals surface area contributed by atoms with Gasteiger partial charge in [-0.3, -0.25) is 15.0 Å². The third kappa shape index (κ3) is 14.2. The first-order valence-electron chi connectivity index (χ1n) is 5.55. The Kier molecular flexibility index (Phi) is 10.7. The van der Waals surface area contributed by atoms with Crippen LogP contribution in [0.2, 0.25) is 0 Å². The summed E-state index contributed by atoms with van der Waals surface area (Å²) >= 11 is 0. The molecule has 0 spiro atoms. The maximum atomic E-state index is 9.90. The smallest absolute Gasteiger partial charge is 0.303 e. The van der Waals surface area contributed by atoms with E-state index in [-0.39, 0.29) is 12.8 Å². The number of aliphatic carboxylic acids is 2. The molecule has 0 heterocycles. The minimum atomic E-state index is -0.870. The monoisotopic (exact) mass is 261 g/mol. The van der Waals surface area contributed by atoms with E-state index in [9.17, 15) is 9.59 Å². The predicted molar refractivity (Wildman–Crippen MR) is 68.8 cm³/mol. The second-order valence-electron chi connectivity index (χ2n) is 4.11.